The predicted octanol–water partition coefficient (Wildman–Crippen LogP) is 2.66. The van der Waals surface area contributed by atoms with Gasteiger partial charge in [0, 0.05) is 23.9 Å². The molecule has 0 bridgehead atoms. The van der Waals surface area contributed by atoms with E-state index in [4.69, 9.17) is 15.2 Å². The van der Waals surface area contributed by atoms with Crippen LogP contribution < -0.4 is 15.2 Å². The fourth-order valence-corrected chi connectivity index (χ4v) is 1.85. The molecule has 0 radical (unpaired) electrons. The van der Waals surface area contributed by atoms with Gasteiger partial charge in [0.25, 0.3) is 0 Å². The fourth-order valence-electron chi connectivity index (χ4n) is 1.85. The summed E-state index contributed by atoms with van der Waals surface area (Å²) in [6.07, 6.45) is 2.72. The Morgan fingerprint density at radius 1 is 1.25 bits per heavy atom. The van der Waals surface area contributed by atoms with Crippen LogP contribution in [0.3, 0.4) is 0 Å². The van der Waals surface area contributed by atoms with E-state index in [1.807, 2.05) is 25.1 Å². The van der Waals surface area contributed by atoms with Crippen LogP contribution in [-0.2, 0) is 13.2 Å². The maximum Gasteiger partial charge on any atom is 0.166 e. The zero-order valence-electron chi connectivity index (χ0n) is 11.3. The first-order chi connectivity index (χ1) is 9.74. The van der Waals surface area contributed by atoms with Gasteiger partial charge in [-0.1, -0.05) is 12.1 Å². The smallest absolute Gasteiger partial charge is 0.166 e. The number of rotatable bonds is 6. The summed E-state index contributed by atoms with van der Waals surface area (Å²) in [6, 6.07) is 6.95. The lowest BCUT2D eigenvalue weighted by Gasteiger charge is -2.15. The fraction of sp³-hybridized carbons (Fsp3) is 0.267. The van der Waals surface area contributed by atoms with Gasteiger partial charge in [-0.15, -0.1) is 0 Å². The maximum absolute atomic E-state index is 13.1. The molecule has 2 aromatic rings. The van der Waals surface area contributed by atoms with Crippen molar-refractivity contribution in [2.45, 2.75) is 20.1 Å². The van der Waals surface area contributed by atoms with E-state index in [0.29, 0.717) is 30.2 Å². The van der Waals surface area contributed by atoms with E-state index in [1.54, 1.807) is 6.20 Å². The molecule has 2 rings (SSSR count). The minimum absolute atomic E-state index is 0.210. The SMILES string of the molecule is CCOc1cccc(CN)c1OCc1cncc(F)c1. The average molecular weight is 276 g/mol. The van der Waals surface area contributed by atoms with Crippen LogP contribution in [-0.4, -0.2) is 11.6 Å². The molecular weight excluding hydrogens is 259 g/mol. The maximum atomic E-state index is 13.1. The number of halogens is 1. The third-order valence-electron chi connectivity index (χ3n) is 2.72. The summed E-state index contributed by atoms with van der Waals surface area (Å²) in [5, 5.41) is 0. The zero-order valence-corrected chi connectivity index (χ0v) is 11.3. The summed E-state index contributed by atoms with van der Waals surface area (Å²) in [4.78, 5) is 3.79. The number of benzene rings is 1. The minimum Gasteiger partial charge on any atom is -0.490 e. The normalized spacial score (nSPS) is 10.3. The number of nitrogens with zero attached hydrogens (tertiary/aromatic N) is 1. The van der Waals surface area contributed by atoms with Crippen LogP contribution in [0, 0.1) is 5.82 Å². The van der Waals surface area contributed by atoms with Gasteiger partial charge in [-0.3, -0.25) is 4.98 Å². The van der Waals surface area contributed by atoms with Gasteiger partial charge >= 0.3 is 0 Å². The molecule has 20 heavy (non-hydrogen) atoms. The van der Waals surface area contributed by atoms with Crippen LogP contribution in [0.4, 0.5) is 4.39 Å². The Balaban J connectivity index is 2.19. The van der Waals surface area contributed by atoms with E-state index < -0.39 is 0 Å². The van der Waals surface area contributed by atoms with E-state index in [9.17, 15) is 4.39 Å². The molecule has 0 amide bonds. The molecule has 0 aliphatic rings. The molecule has 0 unspecified atom stereocenters. The van der Waals surface area contributed by atoms with Crippen molar-refractivity contribution in [1.82, 2.24) is 4.98 Å². The highest BCUT2D eigenvalue weighted by Crippen LogP contribution is 2.31. The second kappa shape index (κ2) is 6.86. The van der Waals surface area contributed by atoms with Crippen LogP contribution in [0.2, 0.25) is 0 Å². The molecule has 0 saturated carbocycles. The summed E-state index contributed by atoms with van der Waals surface area (Å²) >= 11 is 0. The Bertz CT molecular complexity index is 576. The summed E-state index contributed by atoms with van der Waals surface area (Å²) in [6.45, 7) is 2.99. The molecule has 5 heteroatoms. The van der Waals surface area contributed by atoms with Gasteiger partial charge in [0.05, 0.1) is 12.8 Å². The number of pyridine rings is 1. The second-order valence-electron chi connectivity index (χ2n) is 4.18. The van der Waals surface area contributed by atoms with Crippen LogP contribution in [0.15, 0.2) is 36.7 Å². The van der Waals surface area contributed by atoms with E-state index >= 15 is 0 Å². The molecule has 4 nitrogen and oxygen atoms in total. The Labute approximate surface area is 117 Å². The molecule has 0 aliphatic carbocycles. The van der Waals surface area contributed by atoms with Crippen molar-refractivity contribution in [2.75, 3.05) is 6.61 Å². The number of hydrogen-bond donors (Lipinski definition) is 1. The van der Waals surface area contributed by atoms with Gasteiger partial charge in [-0.2, -0.15) is 0 Å². The van der Waals surface area contributed by atoms with Crippen LogP contribution >= 0.6 is 0 Å². The highest BCUT2D eigenvalue weighted by atomic mass is 19.1. The van der Waals surface area contributed by atoms with Gasteiger partial charge in [-0.05, 0) is 19.1 Å². The summed E-state index contributed by atoms with van der Waals surface area (Å²) in [7, 11) is 0. The highest BCUT2D eigenvalue weighted by Gasteiger charge is 2.10. The molecule has 0 atom stereocenters. The molecular formula is C15H17FN2O2. The zero-order chi connectivity index (χ0) is 14.4. The Morgan fingerprint density at radius 2 is 2.10 bits per heavy atom. The molecule has 1 aromatic heterocycles. The molecule has 1 aromatic carbocycles. The number of para-hydroxylation sites is 1. The van der Waals surface area contributed by atoms with Crippen molar-refractivity contribution in [1.29, 1.82) is 0 Å². The van der Waals surface area contributed by atoms with Gasteiger partial charge in [0.15, 0.2) is 11.5 Å². The minimum atomic E-state index is -0.386. The quantitative estimate of drug-likeness (QED) is 0.881. The van der Waals surface area contributed by atoms with Crippen molar-refractivity contribution < 1.29 is 13.9 Å². The Hall–Kier alpha value is -2.14. The van der Waals surface area contributed by atoms with E-state index in [-0.39, 0.29) is 12.4 Å². The van der Waals surface area contributed by atoms with Crippen molar-refractivity contribution in [3.05, 3.63) is 53.6 Å². The molecule has 0 spiro atoms. The van der Waals surface area contributed by atoms with Gasteiger partial charge in [-0.25, -0.2) is 4.39 Å². The van der Waals surface area contributed by atoms with Gasteiger partial charge < -0.3 is 15.2 Å². The standard InChI is InChI=1S/C15H17FN2O2/c1-2-19-14-5-3-4-12(7-17)15(14)20-10-11-6-13(16)9-18-8-11/h3-6,8-9H,2,7,10,17H2,1H3. The number of aromatic nitrogens is 1. The third kappa shape index (κ3) is 3.45. The summed E-state index contributed by atoms with van der Waals surface area (Å²) in [5.41, 5.74) is 7.20. The van der Waals surface area contributed by atoms with Crippen molar-refractivity contribution in [3.63, 3.8) is 0 Å². The average Bonchev–Trinajstić information content (AvgIpc) is 2.46. The molecule has 1 heterocycles. The lowest BCUT2D eigenvalue weighted by atomic mass is 10.2. The lowest BCUT2D eigenvalue weighted by Crippen LogP contribution is -2.05. The Morgan fingerprint density at radius 3 is 2.80 bits per heavy atom. The van der Waals surface area contributed by atoms with Crippen LogP contribution in [0.25, 0.3) is 0 Å². The first-order valence-corrected chi connectivity index (χ1v) is 6.41. The number of hydrogen-bond acceptors (Lipinski definition) is 4. The molecule has 106 valence electrons. The third-order valence-corrected chi connectivity index (χ3v) is 2.72. The van der Waals surface area contributed by atoms with E-state index in [2.05, 4.69) is 4.98 Å². The topological polar surface area (TPSA) is 57.4 Å². The van der Waals surface area contributed by atoms with Gasteiger partial charge in [0.1, 0.15) is 12.4 Å². The highest BCUT2D eigenvalue weighted by molar-refractivity contribution is 5.46. The molecule has 0 aliphatic heterocycles. The summed E-state index contributed by atoms with van der Waals surface area (Å²) in [5.74, 6) is 0.851. The number of nitrogens with two attached hydrogens (primary N) is 1. The molecule has 2 N–H and O–H groups in total. The Kier molecular flexibility index (Phi) is 4.90. The lowest BCUT2D eigenvalue weighted by molar-refractivity contribution is 0.266. The van der Waals surface area contributed by atoms with Crippen molar-refractivity contribution in [3.8, 4) is 11.5 Å². The van der Waals surface area contributed by atoms with Gasteiger partial charge in [0.2, 0.25) is 0 Å². The largest absolute Gasteiger partial charge is 0.490 e. The monoisotopic (exact) mass is 276 g/mol. The number of ether oxygens (including phenoxy) is 2. The molecule has 0 fully saturated rings. The van der Waals surface area contributed by atoms with E-state index in [0.717, 1.165) is 11.8 Å². The molecule has 0 saturated heterocycles. The first kappa shape index (κ1) is 14.3. The van der Waals surface area contributed by atoms with Crippen molar-refractivity contribution in [2.24, 2.45) is 5.73 Å². The van der Waals surface area contributed by atoms with Crippen LogP contribution in [0.5, 0.6) is 11.5 Å². The van der Waals surface area contributed by atoms with Crippen LogP contribution in [0.1, 0.15) is 18.1 Å². The second-order valence-corrected chi connectivity index (χ2v) is 4.18. The predicted molar refractivity (Wildman–Crippen MR) is 74.0 cm³/mol. The van der Waals surface area contributed by atoms with Crippen molar-refractivity contribution >= 4 is 0 Å². The first-order valence-electron chi connectivity index (χ1n) is 6.41. The van der Waals surface area contributed by atoms with E-state index in [1.165, 1.54) is 6.07 Å². The summed E-state index contributed by atoms with van der Waals surface area (Å²) < 4.78 is 24.3.